The minimum atomic E-state index is -0.158. The van der Waals surface area contributed by atoms with E-state index in [1.54, 1.807) is 11.8 Å². The second-order valence-corrected chi connectivity index (χ2v) is 8.14. The number of hydrogen-bond acceptors (Lipinski definition) is 4. The van der Waals surface area contributed by atoms with E-state index in [0.717, 1.165) is 65.3 Å². The molecule has 1 amide bonds. The molecule has 0 bridgehead atoms. The molecule has 0 spiro atoms. The van der Waals surface area contributed by atoms with Crippen LogP contribution in [0.3, 0.4) is 0 Å². The molecule has 138 valence electrons. The maximum Gasteiger partial charge on any atom is 0.261 e. The van der Waals surface area contributed by atoms with Gasteiger partial charge in [-0.15, -0.1) is 17.8 Å². The van der Waals surface area contributed by atoms with E-state index < -0.39 is 0 Å². The highest BCUT2D eigenvalue weighted by Crippen LogP contribution is 2.33. The molecule has 6 nitrogen and oxygen atoms in total. The quantitative estimate of drug-likeness (QED) is 0.874. The molecule has 7 heteroatoms. The van der Waals surface area contributed by atoms with Crippen LogP contribution in [0.2, 0.25) is 0 Å². The summed E-state index contributed by atoms with van der Waals surface area (Å²) in [5.41, 5.74) is 11.2. The van der Waals surface area contributed by atoms with Crippen LogP contribution in [0.5, 0.6) is 0 Å². The predicted molar refractivity (Wildman–Crippen MR) is 107 cm³/mol. The number of rotatable bonds is 2. The van der Waals surface area contributed by atoms with Crippen LogP contribution in [-0.2, 0) is 4.79 Å². The smallest absolute Gasteiger partial charge is 0.261 e. The van der Waals surface area contributed by atoms with Crippen molar-refractivity contribution in [3.63, 3.8) is 0 Å². The van der Waals surface area contributed by atoms with Gasteiger partial charge in [-0.3, -0.25) is 4.79 Å². The second kappa shape index (κ2) is 7.32. The van der Waals surface area contributed by atoms with E-state index >= 15 is 0 Å². The highest BCUT2D eigenvalue weighted by atomic mass is 32.2. The monoisotopic (exact) mass is 370 g/mol. The number of hydrogen-bond donors (Lipinski definition) is 1. The van der Waals surface area contributed by atoms with Crippen molar-refractivity contribution in [2.24, 2.45) is 0 Å². The molecular weight excluding hydrogens is 346 g/mol. The lowest BCUT2D eigenvalue weighted by atomic mass is 10.2. The van der Waals surface area contributed by atoms with Crippen LogP contribution < -0.4 is 4.90 Å². The van der Waals surface area contributed by atoms with Crippen LogP contribution in [0.15, 0.2) is 29.6 Å². The number of aromatic amines is 1. The average Bonchev–Trinajstić information content (AvgIpc) is 2.91. The summed E-state index contributed by atoms with van der Waals surface area (Å²) in [6.07, 6.45) is 8.70. The number of thioether (sulfide) groups is 1. The van der Waals surface area contributed by atoms with Crippen molar-refractivity contribution in [2.75, 3.05) is 30.3 Å². The number of H-pyrrole nitrogens is 1. The Morgan fingerprint density at radius 1 is 1.38 bits per heavy atom. The summed E-state index contributed by atoms with van der Waals surface area (Å²) in [5.74, 6) is 0.957. The summed E-state index contributed by atoms with van der Waals surface area (Å²) in [7, 11) is 0. The van der Waals surface area contributed by atoms with E-state index in [9.17, 15) is 4.79 Å². The van der Waals surface area contributed by atoms with Crippen molar-refractivity contribution < 1.29 is 4.79 Å². The molecule has 2 N–H and O–H groups in total. The van der Waals surface area contributed by atoms with Gasteiger partial charge in [0.2, 0.25) is 0 Å². The zero-order chi connectivity index (χ0) is 18.1. The van der Waals surface area contributed by atoms with Crippen LogP contribution >= 0.6 is 11.8 Å². The molecule has 1 saturated heterocycles. The molecule has 0 unspecified atom stereocenters. The van der Waals surface area contributed by atoms with Crippen LogP contribution in [0.4, 0.5) is 5.69 Å². The van der Waals surface area contributed by atoms with Gasteiger partial charge in [-0.2, -0.15) is 0 Å². The lowest BCUT2D eigenvalue weighted by Crippen LogP contribution is -2.37. The van der Waals surface area contributed by atoms with Crippen LogP contribution in [-0.4, -0.2) is 52.2 Å². The topological polar surface area (TPSA) is 76.0 Å². The van der Waals surface area contributed by atoms with Gasteiger partial charge in [-0.1, -0.05) is 12.8 Å². The first-order valence-corrected chi connectivity index (χ1v) is 10.2. The molecule has 1 fully saturated rings. The Hall–Kier alpha value is -1.99. The number of carbonyl (C=O) groups excluding carboxylic acids is 1. The SMILES string of the molecule is Cc1c[nH]c2nccc(N3C=C(C(=O)N4CCCC[C@H]([NH-])C4)SCC3)c12. The number of carbonyl (C=O) groups is 1. The molecule has 0 radical (unpaired) electrons. The number of likely N-dealkylation sites (tertiary alicyclic amines) is 1. The van der Waals surface area contributed by atoms with E-state index in [1.807, 2.05) is 29.6 Å². The maximum absolute atomic E-state index is 13.0. The molecule has 1 atom stereocenters. The Morgan fingerprint density at radius 3 is 3.15 bits per heavy atom. The first kappa shape index (κ1) is 17.4. The fourth-order valence-corrected chi connectivity index (χ4v) is 4.69. The van der Waals surface area contributed by atoms with Gasteiger partial charge in [0.05, 0.1) is 10.6 Å². The van der Waals surface area contributed by atoms with Gasteiger partial charge in [-0.05, 0) is 25.0 Å². The molecule has 2 aliphatic heterocycles. The lowest BCUT2D eigenvalue weighted by Gasteiger charge is -2.31. The van der Waals surface area contributed by atoms with E-state index in [0.29, 0.717) is 6.54 Å². The maximum atomic E-state index is 13.0. The Balaban J connectivity index is 1.63. The van der Waals surface area contributed by atoms with Crippen molar-refractivity contribution in [3.8, 4) is 0 Å². The summed E-state index contributed by atoms with van der Waals surface area (Å²) < 4.78 is 0. The number of anilines is 1. The largest absolute Gasteiger partial charge is 0.673 e. The standard InChI is InChI=1S/C19H24N5OS/c1-13-10-22-18-17(13)15(5-6-21-18)23-8-9-26-16(12-23)19(25)24-7-3-2-4-14(20)11-24/h5-6,10,12,14,20H,2-4,7-9,11H2,1H3,(H,21,22)/q-1/t14-/m0/s1. The molecule has 26 heavy (non-hydrogen) atoms. The van der Waals surface area contributed by atoms with E-state index in [2.05, 4.69) is 21.8 Å². The molecule has 2 aromatic rings. The van der Waals surface area contributed by atoms with Crippen LogP contribution in [0, 0.1) is 6.92 Å². The van der Waals surface area contributed by atoms with Gasteiger partial charge in [0.1, 0.15) is 5.65 Å². The highest BCUT2D eigenvalue weighted by molar-refractivity contribution is 8.04. The van der Waals surface area contributed by atoms with Crippen molar-refractivity contribution in [1.29, 1.82) is 0 Å². The normalized spacial score (nSPS) is 21.6. The summed E-state index contributed by atoms with van der Waals surface area (Å²) >= 11 is 1.63. The Bertz CT molecular complexity index is 846. The van der Waals surface area contributed by atoms with Gasteiger partial charge in [0.25, 0.3) is 5.91 Å². The lowest BCUT2D eigenvalue weighted by molar-refractivity contribution is -0.126. The molecule has 0 saturated carbocycles. The molecule has 2 aliphatic rings. The predicted octanol–water partition coefficient (Wildman–Crippen LogP) is 3.70. The summed E-state index contributed by atoms with van der Waals surface area (Å²) in [4.78, 5) is 25.4. The number of nitrogens with zero attached hydrogens (tertiary/aromatic N) is 3. The van der Waals surface area contributed by atoms with Gasteiger partial charge in [0, 0.05) is 49.4 Å². The molecule has 2 aromatic heterocycles. The summed E-state index contributed by atoms with van der Waals surface area (Å²) in [5, 5.41) is 1.11. The Labute approximate surface area is 157 Å². The fraction of sp³-hybridized carbons (Fsp3) is 0.474. The van der Waals surface area contributed by atoms with E-state index in [4.69, 9.17) is 5.73 Å². The van der Waals surface area contributed by atoms with Gasteiger partial charge in [0.15, 0.2) is 0 Å². The molecule has 0 aromatic carbocycles. The second-order valence-electron chi connectivity index (χ2n) is 7.00. The third-order valence-electron chi connectivity index (χ3n) is 5.09. The average molecular weight is 371 g/mol. The van der Waals surface area contributed by atoms with Gasteiger partial charge in [-0.25, -0.2) is 4.98 Å². The first-order valence-electron chi connectivity index (χ1n) is 9.18. The molecule has 0 aliphatic carbocycles. The number of fused-ring (bicyclic) bond motifs is 1. The first-order chi connectivity index (χ1) is 12.6. The fourth-order valence-electron chi connectivity index (χ4n) is 3.72. The van der Waals surface area contributed by atoms with Crippen LogP contribution in [0.1, 0.15) is 24.8 Å². The van der Waals surface area contributed by atoms with Gasteiger partial charge < -0.3 is 20.5 Å². The minimum Gasteiger partial charge on any atom is -0.673 e. The van der Waals surface area contributed by atoms with Crippen molar-refractivity contribution >= 4 is 34.4 Å². The number of aryl methyl sites for hydroxylation is 1. The molecule has 4 heterocycles. The summed E-state index contributed by atoms with van der Waals surface area (Å²) in [6, 6.07) is 1.86. The number of amides is 1. The third-order valence-corrected chi connectivity index (χ3v) is 6.07. The zero-order valence-electron chi connectivity index (χ0n) is 15.0. The number of nitrogens with one attached hydrogen (secondary N) is 2. The zero-order valence-corrected chi connectivity index (χ0v) is 15.8. The number of aromatic nitrogens is 2. The van der Waals surface area contributed by atoms with Crippen molar-refractivity contribution in [2.45, 2.75) is 32.2 Å². The minimum absolute atomic E-state index is 0.0786. The third kappa shape index (κ3) is 3.33. The van der Waals surface area contributed by atoms with Crippen LogP contribution in [0.25, 0.3) is 16.8 Å². The van der Waals surface area contributed by atoms with E-state index in [1.165, 1.54) is 0 Å². The highest BCUT2D eigenvalue weighted by Gasteiger charge is 2.25. The summed E-state index contributed by atoms with van der Waals surface area (Å²) in [6.45, 7) is 4.26. The van der Waals surface area contributed by atoms with Crippen molar-refractivity contribution in [1.82, 2.24) is 14.9 Å². The van der Waals surface area contributed by atoms with E-state index in [-0.39, 0.29) is 11.9 Å². The molecule has 4 rings (SSSR count). The van der Waals surface area contributed by atoms with Crippen molar-refractivity contribution in [3.05, 3.63) is 40.9 Å². The number of pyridine rings is 1. The molecular formula is C19H24N5OS-. The Morgan fingerprint density at radius 2 is 2.27 bits per heavy atom. The van der Waals surface area contributed by atoms with Gasteiger partial charge >= 0.3 is 0 Å². The Kier molecular flexibility index (Phi) is 4.91.